The number of pyridine rings is 1. The van der Waals surface area contributed by atoms with Crippen molar-refractivity contribution in [3.8, 4) is 11.5 Å². The molecule has 0 N–H and O–H groups in total. The third-order valence-corrected chi connectivity index (χ3v) is 3.77. The number of carbonyl (C=O) groups is 1. The maximum absolute atomic E-state index is 13.0. The summed E-state index contributed by atoms with van der Waals surface area (Å²) in [6.45, 7) is 0. The van der Waals surface area contributed by atoms with Gasteiger partial charge >= 0.3 is 0 Å². The molecule has 2 aromatic heterocycles. The Morgan fingerprint density at radius 3 is 2.31 bits per heavy atom. The quantitative estimate of drug-likeness (QED) is 0.664. The maximum Gasteiger partial charge on any atom is 0.250 e. The molecule has 7 heteroatoms. The molecule has 2 heterocycles. The van der Waals surface area contributed by atoms with E-state index in [9.17, 15) is 4.79 Å². The molecule has 0 aliphatic rings. The summed E-state index contributed by atoms with van der Waals surface area (Å²) in [5.74, 6) is 1.16. The van der Waals surface area contributed by atoms with Gasteiger partial charge in [-0.25, -0.2) is 5.01 Å². The van der Waals surface area contributed by atoms with E-state index in [-0.39, 0.29) is 24.7 Å². The normalized spacial score (nSPS) is 9.92. The first-order chi connectivity index (χ1) is 12.2. The van der Waals surface area contributed by atoms with Gasteiger partial charge < -0.3 is 9.47 Å². The second kappa shape index (κ2) is 8.92. The lowest BCUT2D eigenvalue weighted by Gasteiger charge is -2.24. The number of benzene rings is 1. The third kappa shape index (κ3) is 4.15. The molecule has 0 saturated heterocycles. The summed E-state index contributed by atoms with van der Waals surface area (Å²) in [6.07, 6.45) is 7.20. The third-order valence-electron chi connectivity index (χ3n) is 3.77. The summed E-state index contributed by atoms with van der Waals surface area (Å²) >= 11 is 0. The van der Waals surface area contributed by atoms with Crippen LogP contribution in [-0.2, 0) is 11.2 Å². The predicted molar refractivity (Wildman–Crippen MR) is 102 cm³/mol. The molecule has 1 aromatic carbocycles. The highest BCUT2D eigenvalue weighted by Crippen LogP contribution is 2.28. The van der Waals surface area contributed by atoms with E-state index in [1.807, 2.05) is 36.7 Å². The zero-order chi connectivity index (χ0) is 17.6. The minimum atomic E-state index is -0.0744. The summed E-state index contributed by atoms with van der Waals surface area (Å²) in [5.41, 5.74) is 1.59. The standard InChI is InChI=1S/C19H19N3O3.ClH/c1-24-17-6-5-15(13-18(17)25-2)14-19(23)22(21-11-3-4-12-21)16-7-9-20-10-8-16;/h3-13H,14H2,1-2H3;1H. The molecule has 3 aromatic rings. The number of nitrogens with zero attached hydrogens (tertiary/aromatic N) is 3. The number of amides is 1. The molecule has 0 fully saturated rings. The van der Waals surface area contributed by atoms with Crippen molar-refractivity contribution in [3.05, 3.63) is 72.8 Å². The van der Waals surface area contributed by atoms with Crippen molar-refractivity contribution in [2.24, 2.45) is 0 Å². The maximum atomic E-state index is 13.0. The van der Waals surface area contributed by atoms with Crippen molar-refractivity contribution < 1.29 is 14.3 Å². The zero-order valence-electron chi connectivity index (χ0n) is 14.5. The van der Waals surface area contributed by atoms with Crippen LogP contribution < -0.4 is 14.5 Å². The van der Waals surface area contributed by atoms with Crippen LogP contribution in [0.3, 0.4) is 0 Å². The Hall–Kier alpha value is -2.99. The molecule has 3 rings (SSSR count). The predicted octanol–water partition coefficient (Wildman–Crippen LogP) is 3.36. The second-order valence-electron chi connectivity index (χ2n) is 5.34. The first-order valence-electron chi connectivity index (χ1n) is 7.80. The van der Waals surface area contributed by atoms with E-state index in [1.165, 1.54) is 0 Å². The minimum absolute atomic E-state index is 0. The van der Waals surface area contributed by atoms with Crippen LogP contribution >= 0.6 is 12.4 Å². The number of ether oxygens (including phenoxy) is 2. The fourth-order valence-corrected chi connectivity index (χ4v) is 2.59. The molecule has 0 bridgehead atoms. The van der Waals surface area contributed by atoms with Crippen LogP contribution in [0.1, 0.15) is 5.56 Å². The van der Waals surface area contributed by atoms with Crippen molar-refractivity contribution in [2.75, 3.05) is 19.2 Å². The van der Waals surface area contributed by atoms with Crippen molar-refractivity contribution in [3.63, 3.8) is 0 Å². The van der Waals surface area contributed by atoms with Gasteiger partial charge in [-0.1, -0.05) is 6.07 Å². The van der Waals surface area contributed by atoms with E-state index in [0.29, 0.717) is 11.5 Å². The molecule has 0 spiro atoms. The number of aromatic nitrogens is 2. The molecule has 0 aliphatic carbocycles. The van der Waals surface area contributed by atoms with Crippen molar-refractivity contribution in [1.29, 1.82) is 0 Å². The van der Waals surface area contributed by atoms with Crippen molar-refractivity contribution in [1.82, 2.24) is 9.66 Å². The van der Waals surface area contributed by atoms with Crippen molar-refractivity contribution >= 4 is 24.0 Å². The molecule has 136 valence electrons. The van der Waals surface area contributed by atoms with Crippen LogP contribution in [0.4, 0.5) is 5.69 Å². The van der Waals surface area contributed by atoms with E-state index in [4.69, 9.17) is 9.47 Å². The molecule has 0 unspecified atom stereocenters. The molecule has 0 saturated carbocycles. The van der Waals surface area contributed by atoms with E-state index in [0.717, 1.165) is 11.3 Å². The van der Waals surface area contributed by atoms with Crippen molar-refractivity contribution in [2.45, 2.75) is 6.42 Å². The number of hydrogen-bond donors (Lipinski definition) is 0. The molecule has 0 aliphatic heterocycles. The summed E-state index contributed by atoms with van der Waals surface area (Å²) in [7, 11) is 3.16. The second-order valence-corrected chi connectivity index (χ2v) is 5.34. The number of carbonyl (C=O) groups excluding carboxylic acids is 1. The van der Waals surface area contributed by atoms with E-state index in [1.54, 1.807) is 54.5 Å². The minimum Gasteiger partial charge on any atom is -0.493 e. The van der Waals surface area contributed by atoms with Gasteiger partial charge in [0.25, 0.3) is 5.91 Å². The van der Waals surface area contributed by atoms with Crippen LogP contribution in [0.2, 0.25) is 0 Å². The molecule has 6 nitrogen and oxygen atoms in total. The Morgan fingerprint density at radius 1 is 1.04 bits per heavy atom. The molecule has 1 amide bonds. The summed E-state index contributed by atoms with van der Waals surface area (Å²) in [4.78, 5) is 17.0. The number of anilines is 1. The number of methoxy groups -OCH3 is 2. The lowest BCUT2D eigenvalue weighted by Crippen LogP contribution is -2.36. The van der Waals surface area contributed by atoms with Gasteiger partial charge in [-0.05, 0) is 42.0 Å². The summed E-state index contributed by atoms with van der Waals surface area (Å²) in [5, 5.41) is 1.61. The van der Waals surface area contributed by atoms with Gasteiger partial charge in [-0.3, -0.25) is 14.5 Å². The Balaban J connectivity index is 0.00000243. The van der Waals surface area contributed by atoms with Gasteiger partial charge in [0.1, 0.15) is 0 Å². The van der Waals surface area contributed by atoms with Gasteiger partial charge in [0.05, 0.1) is 26.3 Å². The van der Waals surface area contributed by atoms with Crippen LogP contribution in [-0.4, -0.2) is 29.8 Å². The Morgan fingerprint density at radius 2 is 1.69 bits per heavy atom. The Labute approximate surface area is 158 Å². The van der Waals surface area contributed by atoms with Crippen LogP contribution in [0.15, 0.2) is 67.3 Å². The van der Waals surface area contributed by atoms with Gasteiger partial charge in [-0.15, -0.1) is 12.4 Å². The van der Waals surface area contributed by atoms with E-state index < -0.39 is 0 Å². The number of rotatable bonds is 6. The molecule has 0 radical (unpaired) electrons. The fourth-order valence-electron chi connectivity index (χ4n) is 2.59. The lowest BCUT2D eigenvalue weighted by molar-refractivity contribution is -0.118. The topological polar surface area (TPSA) is 56.6 Å². The fraction of sp³-hybridized carbons (Fsp3) is 0.158. The largest absolute Gasteiger partial charge is 0.493 e. The molecule has 26 heavy (non-hydrogen) atoms. The lowest BCUT2D eigenvalue weighted by atomic mass is 10.1. The molecule has 0 atom stereocenters. The molecular weight excluding hydrogens is 354 g/mol. The van der Waals surface area contributed by atoms with Gasteiger partial charge in [0.2, 0.25) is 0 Å². The van der Waals surface area contributed by atoms with E-state index in [2.05, 4.69) is 4.98 Å². The highest BCUT2D eigenvalue weighted by molar-refractivity contribution is 5.94. The van der Waals surface area contributed by atoms with Crippen LogP contribution in [0, 0.1) is 0 Å². The molecular formula is C19H20ClN3O3. The Kier molecular flexibility index (Phi) is 6.63. The highest BCUT2D eigenvalue weighted by Gasteiger charge is 2.18. The average molecular weight is 374 g/mol. The summed E-state index contributed by atoms with van der Waals surface area (Å²) < 4.78 is 12.3. The first kappa shape index (κ1) is 19.3. The number of halogens is 1. The van der Waals surface area contributed by atoms with Gasteiger partial charge in [0.15, 0.2) is 11.5 Å². The first-order valence-corrected chi connectivity index (χ1v) is 7.80. The SMILES string of the molecule is COc1ccc(CC(=O)N(c2ccncc2)n2cccc2)cc1OC.Cl. The van der Waals surface area contributed by atoms with Crippen LogP contribution in [0.25, 0.3) is 0 Å². The smallest absolute Gasteiger partial charge is 0.250 e. The number of hydrogen-bond acceptors (Lipinski definition) is 4. The van der Waals surface area contributed by atoms with Gasteiger partial charge in [-0.2, -0.15) is 0 Å². The van der Waals surface area contributed by atoms with Crippen LogP contribution in [0.5, 0.6) is 11.5 Å². The monoisotopic (exact) mass is 373 g/mol. The average Bonchev–Trinajstić information content (AvgIpc) is 3.16. The van der Waals surface area contributed by atoms with Gasteiger partial charge in [0, 0.05) is 24.8 Å². The van der Waals surface area contributed by atoms with E-state index >= 15 is 0 Å². The summed E-state index contributed by atoms with van der Waals surface area (Å²) in [6, 6.07) is 12.8. The Bertz CT molecular complexity index is 839. The zero-order valence-corrected chi connectivity index (χ0v) is 15.3. The highest BCUT2D eigenvalue weighted by atomic mass is 35.5.